The lowest BCUT2D eigenvalue weighted by Crippen LogP contribution is -2.49. The number of aryl methyl sites for hydroxylation is 1. The van der Waals surface area contributed by atoms with Crippen LogP contribution in [-0.2, 0) is 6.42 Å². The molecule has 1 fully saturated rings. The van der Waals surface area contributed by atoms with Gasteiger partial charge in [0.05, 0.1) is 17.3 Å². The van der Waals surface area contributed by atoms with Gasteiger partial charge in [0.2, 0.25) is 0 Å². The third-order valence-electron chi connectivity index (χ3n) is 5.34. The molecule has 0 saturated carbocycles. The number of rotatable bonds is 3. The molecule has 8 heteroatoms. The summed E-state index contributed by atoms with van der Waals surface area (Å²) >= 11 is 0. The highest BCUT2D eigenvalue weighted by molar-refractivity contribution is 5.88. The lowest BCUT2D eigenvalue weighted by Gasteiger charge is -2.27. The number of fused-ring (bicyclic) bond motifs is 1. The number of hydrogen-bond acceptors (Lipinski definition) is 5. The molecule has 2 amide bonds. The number of benzene rings is 1. The summed E-state index contributed by atoms with van der Waals surface area (Å²) in [5.41, 5.74) is 1.55. The molecule has 0 unspecified atom stereocenters. The first-order valence-corrected chi connectivity index (χ1v) is 11.0. The van der Waals surface area contributed by atoms with Crippen molar-refractivity contribution in [2.75, 3.05) is 31.1 Å². The Bertz CT molecular complexity index is 1050. The second-order valence-corrected chi connectivity index (χ2v) is 8.95. The van der Waals surface area contributed by atoms with Crippen LogP contribution in [-0.4, -0.2) is 62.4 Å². The molecule has 2 aromatic heterocycles. The molecule has 1 aliphatic rings. The van der Waals surface area contributed by atoms with Crippen LogP contribution < -0.4 is 10.2 Å². The summed E-state index contributed by atoms with van der Waals surface area (Å²) in [4.78, 5) is 26.5. The van der Waals surface area contributed by atoms with Crippen molar-refractivity contribution < 1.29 is 4.79 Å². The van der Waals surface area contributed by atoms with Crippen LogP contribution in [0.5, 0.6) is 0 Å². The molecule has 1 aliphatic heterocycles. The molecule has 3 heterocycles. The Morgan fingerprint density at radius 2 is 1.84 bits per heavy atom. The molecule has 8 nitrogen and oxygen atoms in total. The van der Waals surface area contributed by atoms with Crippen LogP contribution in [0.3, 0.4) is 0 Å². The number of hydrogen-bond donors (Lipinski definition) is 1. The maximum absolute atomic E-state index is 12.6. The van der Waals surface area contributed by atoms with E-state index >= 15 is 0 Å². The summed E-state index contributed by atoms with van der Waals surface area (Å²) in [5.74, 6) is 1.70. The van der Waals surface area contributed by atoms with E-state index in [9.17, 15) is 4.79 Å². The zero-order valence-electron chi connectivity index (χ0n) is 18.8. The normalized spacial score (nSPS) is 15.2. The van der Waals surface area contributed by atoms with Crippen LogP contribution in [0.4, 0.5) is 10.6 Å². The van der Waals surface area contributed by atoms with Gasteiger partial charge in [-0.3, -0.25) is 0 Å². The minimum absolute atomic E-state index is 0.00618. The molecule has 31 heavy (non-hydrogen) atoms. The van der Waals surface area contributed by atoms with Gasteiger partial charge in [-0.2, -0.15) is 5.10 Å². The fourth-order valence-corrected chi connectivity index (χ4v) is 3.83. The van der Waals surface area contributed by atoms with Crippen molar-refractivity contribution in [1.82, 2.24) is 30.0 Å². The van der Waals surface area contributed by atoms with Gasteiger partial charge >= 0.3 is 6.03 Å². The number of anilines is 1. The Kier molecular flexibility index (Phi) is 5.80. The van der Waals surface area contributed by atoms with Gasteiger partial charge in [0.15, 0.2) is 5.65 Å². The fraction of sp³-hybridized carbons (Fsp3) is 0.478. The summed E-state index contributed by atoms with van der Waals surface area (Å²) in [6, 6.07) is 10.0. The van der Waals surface area contributed by atoms with E-state index in [1.807, 2.05) is 66.9 Å². The summed E-state index contributed by atoms with van der Waals surface area (Å²) in [6.07, 6.45) is 3.49. The molecule has 0 atom stereocenters. The highest BCUT2D eigenvalue weighted by atomic mass is 16.2. The van der Waals surface area contributed by atoms with Gasteiger partial charge < -0.3 is 15.1 Å². The third kappa shape index (κ3) is 4.62. The van der Waals surface area contributed by atoms with Crippen molar-refractivity contribution in [2.45, 2.75) is 46.1 Å². The molecule has 1 aromatic carbocycles. The van der Waals surface area contributed by atoms with E-state index in [4.69, 9.17) is 9.97 Å². The maximum Gasteiger partial charge on any atom is 0.317 e. The van der Waals surface area contributed by atoms with Gasteiger partial charge in [-0.1, -0.05) is 25.1 Å². The number of carbonyl (C=O) groups excluding carboxylic acids is 1. The van der Waals surface area contributed by atoms with E-state index in [1.165, 1.54) is 0 Å². The molecule has 0 bridgehead atoms. The highest BCUT2D eigenvalue weighted by Gasteiger charge is 2.25. The first-order chi connectivity index (χ1) is 14.9. The lowest BCUT2D eigenvalue weighted by atomic mass is 10.1. The van der Waals surface area contributed by atoms with Gasteiger partial charge in [-0.05, 0) is 39.3 Å². The Balaban J connectivity index is 1.63. The summed E-state index contributed by atoms with van der Waals surface area (Å²) in [7, 11) is 0. The number of nitrogens with zero attached hydrogens (tertiary/aromatic N) is 6. The number of carbonyl (C=O) groups is 1. The minimum atomic E-state index is -0.246. The number of aromatic nitrogens is 4. The second kappa shape index (κ2) is 8.53. The number of para-hydroxylation sites is 1. The average molecular weight is 422 g/mol. The van der Waals surface area contributed by atoms with Crippen LogP contribution in [0.25, 0.3) is 16.7 Å². The van der Waals surface area contributed by atoms with E-state index < -0.39 is 0 Å². The van der Waals surface area contributed by atoms with Crippen molar-refractivity contribution in [3.63, 3.8) is 0 Å². The van der Waals surface area contributed by atoms with Gasteiger partial charge in [-0.15, -0.1) is 0 Å². The summed E-state index contributed by atoms with van der Waals surface area (Å²) in [6.45, 7) is 11.0. The molecule has 1 saturated heterocycles. The Labute approximate surface area is 183 Å². The molecule has 3 aromatic rings. The second-order valence-electron chi connectivity index (χ2n) is 8.95. The zero-order valence-corrected chi connectivity index (χ0v) is 18.8. The SMILES string of the molecule is CCc1nc(N2CCCN(C(=O)NC(C)(C)C)CC2)c2cnn(-c3ccccc3)c2n1. The monoisotopic (exact) mass is 421 g/mol. The van der Waals surface area contributed by atoms with Crippen LogP contribution in [0.15, 0.2) is 36.5 Å². The smallest absolute Gasteiger partial charge is 0.317 e. The molecular weight excluding hydrogens is 390 g/mol. The van der Waals surface area contributed by atoms with E-state index in [-0.39, 0.29) is 11.6 Å². The summed E-state index contributed by atoms with van der Waals surface area (Å²) < 4.78 is 1.88. The standard InChI is InChI=1S/C23H31N7O/c1-5-19-25-20(18-16-24-30(21(18)26-19)17-10-7-6-8-11-17)28-12-9-13-29(15-14-28)22(31)27-23(2,3)4/h6-8,10-11,16H,5,9,12-15H2,1-4H3,(H,27,31). The Hall–Kier alpha value is -3.16. The van der Waals surface area contributed by atoms with Crippen molar-refractivity contribution >= 4 is 22.9 Å². The quantitative estimate of drug-likeness (QED) is 0.701. The molecule has 0 radical (unpaired) electrons. The van der Waals surface area contributed by atoms with E-state index in [0.717, 1.165) is 60.8 Å². The zero-order chi connectivity index (χ0) is 22.0. The van der Waals surface area contributed by atoms with Crippen LogP contribution in [0, 0.1) is 0 Å². The predicted octanol–water partition coefficient (Wildman–Crippen LogP) is 3.40. The predicted molar refractivity (Wildman–Crippen MR) is 123 cm³/mol. The number of amides is 2. The van der Waals surface area contributed by atoms with Crippen LogP contribution in [0.1, 0.15) is 39.9 Å². The summed E-state index contributed by atoms with van der Waals surface area (Å²) in [5, 5.41) is 8.63. The molecular formula is C23H31N7O. The number of urea groups is 1. The molecule has 4 rings (SSSR count). The van der Waals surface area contributed by atoms with Crippen LogP contribution in [0.2, 0.25) is 0 Å². The highest BCUT2D eigenvalue weighted by Crippen LogP contribution is 2.27. The lowest BCUT2D eigenvalue weighted by molar-refractivity contribution is 0.192. The first kappa shape index (κ1) is 21.1. The average Bonchev–Trinajstić information content (AvgIpc) is 3.01. The van der Waals surface area contributed by atoms with Crippen molar-refractivity contribution in [3.05, 3.63) is 42.4 Å². The fourth-order valence-electron chi connectivity index (χ4n) is 3.83. The molecule has 0 aliphatic carbocycles. The molecule has 1 N–H and O–H groups in total. The maximum atomic E-state index is 12.6. The number of nitrogens with one attached hydrogen (secondary N) is 1. The minimum Gasteiger partial charge on any atom is -0.354 e. The van der Waals surface area contributed by atoms with E-state index in [2.05, 4.69) is 22.2 Å². The first-order valence-electron chi connectivity index (χ1n) is 11.0. The molecule has 164 valence electrons. The van der Waals surface area contributed by atoms with Gasteiger partial charge in [0.1, 0.15) is 11.6 Å². The topological polar surface area (TPSA) is 79.2 Å². The van der Waals surface area contributed by atoms with Crippen molar-refractivity contribution in [3.8, 4) is 5.69 Å². The van der Waals surface area contributed by atoms with E-state index in [0.29, 0.717) is 6.54 Å². The van der Waals surface area contributed by atoms with E-state index in [1.54, 1.807) is 0 Å². The Morgan fingerprint density at radius 1 is 1.06 bits per heavy atom. The van der Waals surface area contributed by atoms with Crippen molar-refractivity contribution in [2.24, 2.45) is 0 Å². The van der Waals surface area contributed by atoms with Crippen LogP contribution >= 0.6 is 0 Å². The van der Waals surface area contributed by atoms with Gasteiger partial charge in [-0.25, -0.2) is 19.4 Å². The van der Waals surface area contributed by atoms with Crippen molar-refractivity contribution in [1.29, 1.82) is 0 Å². The molecule has 0 spiro atoms. The van der Waals surface area contributed by atoms with Gasteiger partial charge in [0.25, 0.3) is 0 Å². The third-order valence-corrected chi connectivity index (χ3v) is 5.34. The largest absolute Gasteiger partial charge is 0.354 e. The Morgan fingerprint density at radius 3 is 2.55 bits per heavy atom. The van der Waals surface area contributed by atoms with Gasteiger partial charge in [0, 0.05) is 38.1 Å².